The molecular weight excluding hydrogens is 388 g/mol. The molecule has 2 aromatic heterocycles. The Kier molecular flexibility index (Phi) is 5.45. The molecule has 0 bridgehead atoms. The number of furan rings is 1. The molecule has 1 aliphatic rings. The third-order valence-corrected chi connectivity index (χ3v) is 5.57. The van der Waals surface area contributed by atoms with E-state index in [1.165, 1.54) is 23.1 Å². The number of nitrogens with zero attached hydrogens (tertiary/aromatic N) is 2. The largest absolute Gasteiger partial charge is 0.486 e. The molecule has 1 amide bonds. The van der Waals surface area contributed by atoms with E-state index in [-0.39, 0.29) is 11.7 Å². The topological polar surface area (TPSA) is 98.5 Å². The Hall–Kier alpha value is -2.72. The number of aromatic nitrogens is 2. The molecule has 8 nitrogen and oxygen atoms in total. The van der Waals surface area contributed by atoms with Gasteiger partial charge in [0.05, 0.1) is 18.6 Å². The van der Waals surface area contributed by atoms with E-state index >= 15 is 0 Å². The van der Waals surface area contributed by atoms with Crippen molar-refractivity contribution in [3.05, 3.63) is 42.4 Å². The van der Waals surface area contributed by atoms with E-state index in [9.17, 15) is 4.79 Å². The van der Waals surface area contributed by atoms with Gasteiger partial charge in [0.1, 0.15) is 19.0 Å². The third kappa shape index (κ3) is 4.72. The van der Waals surface area contributed by atoms with Gasteiger partial charge in [-0.1, -0.05) is 23.1 Å². The van der Waals surface area contributed by atoms with E-state index in [4.69, 9.17) is 13.9 Å². The molecule has 0 atom stereocenters. The highest BCUT2D eigenvalue weighted by atomic mass is 32.2. The summed E-state index contributed by atoms with van der Waals surface area (Å²) in [5.41, 5.74) is 0.669. The van der Waals surface area contributed by atoms with Gasteiger partial charge in [-0.15, -0.1) is 10.2 Å². The summed E-state index contributed by atoms with van der Waals surface area (Å²) >= 11 is 2.73. The number of carbonyl (C=O) groups excluding carboxylic acids is 1. The fraction of sp³-hybridized carbons (Fsp3) is 0.235. The first-order chi connectivity index (χ1) is 13.3. The van der Waals surface area contributed by atoms with Crippen LogP contribution in [0.5, 0.6) is 11.5 Å². The lowest BCUT2D eigenvalue weighted by Gasteiger charge is -2.18. The van der Waals surface area contributed by atoms with Crippen molar-refractivity contribution in [3.8, 4) is 11.5 Å². The summed E-state index contributed by atoms with van der Waals surface area (Å²) < 4.78 is 17.0. The molecule has 0 unspecified atom stereocenters. The molecule has 4 rings (SSSR count). The van der Waals surface area contributed by atoms with Crippen LogP contribution in [0.4, 0.5) is 10.8 Å². The molecule has 0 saturated heterocycles. The molecule has 0 radical (unpaired) electrons. The first-order valence-corrected chi connectivity index (χ1v) is 9.98. The van der Waals surface area contributed by atoms with Gasteiger partial charge >= 0.3 is 0 Å². The highest BCUT2D eigenvalue weighted by molar-refractivity contribution is 8.01. The number of thioether (sulfide) groups is 1. The van der Waals surface area contributed by atoms with E-state index < -0.39 is 0 Å². The predicted molar refractivity (Wildman–Crippen MR) is 103 cm³/mol. The molecule has 3 aromatic rings. The predicted octanol–water partition coefficient (Wildman–Crippen LogP) is 3.25. The highest BCUT2D eigenvalue weighted by Gasteiger charge is 2.13. The van der Waals surface area contributed by atoms with Crippen LogP contribution >= 0.6 is 23.1 Å². The van der Waals surface area contributed by atoms with Crippen molar-refractivity contribution in [2.45, 2.75) is 10.9 Å². The smallest absolute Gasteiger partial charge is 0.234 e. The summed E-state index contributed by atoms with van der Waals surface area (Å²) in [6.07, 6.45) is 1.62. The zero-order chi connectivity index (χ0) is 18.5. The van der Waals surface area contributed by atoms with E-state index in [1.807, 2.05) is 12.1 Å². The Bertz CT molecular complexity index is 914. The number of fused-ring (bicyclic) bond motifs is 1. The van der Waals surface area contributed by atoms with Crippen molar-refractivity contribution >= 4 is 39.8 Å². The Morgan fingerprint density at radius 2 is 2.07 bits per heavy atom. The number of carbonyl (C=O) groups is 1. The van der Waals surface area contributed by atoms with Crippen LogP contribution < -0.4 is 20.1 Å². The summed E-state index contributed by atoms with van der Waals surface area (Å²) in [6.45, 7) is 1.58. The maximum absolute atomic E-state index is 12.2. The number of ether oxygens (including phenoxy) is 2. The number of amides is 1. The monoisotopic (exact) mass is 404 g/mol. The van der Waals surface area contributed by atoms with Crippen LogP contribution in [0.15, 0.2) is 45.4 Å². The van der Waals surface area contributed by atoms with Crippen molar-refractivity contribution in [1.29, 1.82) is 0 Å². The minimum atomic E-state index is -0.128. The van der Waals surface area contributed by atoms with Gasteiger partial charge in [0, 0.05) is 11.8 Å². The summed E-state index contributed by atoms with van der Waals surface area (Å²) in [7, 11) is 0. The van der Waals surface area contributed by atoms with E-state index in [1.54, 1.807) is 24.5 Å². The molecule has 3 heterocycles. The van der Waals surface area contributed by atoms with E-state index in [0.29, 0.717) is 46.4 Å². The van der Waals surface area contributed by atoms with Crippen LogP contribution in [0.25, 0.3) is 0 Å². The van der Waals surface area contributed by atoms with Crippen LogP contribution in [-0.4, -0.2) is 35.1 Å². The first-order valence-electron chi connectivity index (χ1n) is 8.18. The maximum Gasteiger partial charge on any atom is 0.234 e. The number of anilines is 2. The zero-order valence-electron chi connectivity index (χ0n) is 14.1. The number of benzene rings is 1. The second-order valence-corrected chi connectivity index (χ2v) is 7.70. The van der Waals surface area contributed by atoms with Gasteiger partial charge in [0.2, 0.25) is 11.0 Å². The summed E-state index contributed by atoms with van der Waals surface area (Å²) in [5.74, 6) is 2.26. The summed E-state index contributed by atoms with van der Waals surface area (Å²) in [4.78, 5) is 12.2. The van der Waals surface area contributed by atoms with Gasteiger partial charge in [-0.2, -0.15) is 0 Å². The number of rotatable bonds is 7. The van der Waals surface area contributed by atoms with Gasteiger partial charge in [0.25, 0.3) is 0 Å². The quantitative estimate of drug-likeness (QED) is 0.579. The summed E-state index contributed by atoms with van der Waals surface area (Å²) in [5, 5.41) is 14.8. The summed E-state index contributed by atoms with van der Waals surface area (Å²) in [6, 6.07) is 9.06. The lowest BCUT2D eigenvalue weighted by molar-refractivity contribution is -0.113. The Morgan fingerprint density at radius 1 is 1.19 bits per heavy atom. The standard InChI is InChI=1S/C17H16N4O4S2/c22-15(19-11-3-4-13-14(8-11)25-7-6-24-13)10-26-17-21-20-16(27-17)18-9-12-2-1-5-23-12/h1-5,8H,6-7,9-10H2,(H,18,20)(H,19,22). The number of hydrogen-bond acceptors (Lipinski definition) is 9. The Morgan fingerprint density at radius 3 is 2.93 bits per heavy atom. The molecular formula is C17H16N4O4S2. The number of nitrogens with one attached hydrogen (secondary N) is 2. The van der Waals surface area contributed by atoms with Crippen molar-refractivity contribution in [1.82, 2.24) is 10.2 Å². The van der Waals surface area contributed by atoms with Crippen LogP contribution in [0, 0.1) is 0 Å². The fourth-order valence-corrected chi connectivity index (χ4v) is 3.91. The Balaban J connectivity index is 1.25. The van der Waals surface area contributed by atoms with Crippen molar-refractivity contribution in [2.24, 2.45) is 0 Å². The van der Waals surface area contributed by atoms with Gasteiger partial charge in [-0.25, -0.2) is 0 Å². The second-order valence-electron chi connectivity index (χ2n) is 5.50. The lowest BCUT2D eigenvalue weighted by Crippen LogP contribution is -2.17. The van der Waals surface area contributed by atoms with E-state index in [0.717, 1.165) is 5.76 Å². The average molecular weight is 404 g/mol. The lowest BCUT2D eigenvalue weighted by atomic mass is 10.2. The second kappa shape index (κ2) is 8.31. The molecule has 1 aliphatic heterocycles. The zero-order valence-corrected chi connectivity index (χ0v) is 15.8. The SMILES string of the molecule is O=C(CSc1nnc(NCc2ccco2)s1)Nc1ccc2c(c1)OCCO2. The van der Waals surface area contributed by atoms with Gasteiger partial charge in [-0.3, -0.25) is 4.79 Å². The fourth-order valence-electron chi connectivity index (χ4n) is 2.36. The molecule has 1 aromatic carbocycles. The molecule has 0 aliphatic carbocycles. The maximum atomic E-state index is 12.2. The molecule has 10 heteroatoms. The van der Waals surface area contributed by atoms with Gasteiger partial charge < -0.3 is 24.5 Å². The van der Waals surface area contributed by atoms with Gasteiger partial charge in [0.15, 0.2) is 15.8 Å². The molecule has 0 spiro atoms. The molecule has 27 heavy (non-hydrogen) atoms. The van der Waals surface area contributed by atoms with Crippen molar-refractivity contribution < 1.29 is 18.7 Å². The minimum absolute atomic E-state index is 0.128. The average Bonchev–Trinajstić information content (AvgIpc) is 3.36. The normalized spacial score (nSPS) is 12.6. The first kappa shape index (κ1) is 17.7. The minimum Gasteiger partial charge on any atom is -0.486 e. The highest BCUT2D eigenvalue weighted by Crippen LogP contribution is 2.32. The van der Waals surface area contributed by atoms with Gasteiger partial charge in [-0.05, 0) is 24.3 Å². The molecule has 140 valence electrons. The van der Waals surface area contributed by atoms with Crippen molar-refractivity contribution in [3.63, 3.8) is 0 Å². The molecule has 2 N–H and O–H groups in total. The van der Waals surface area contributed by atoms with Crippen LogP contribution in [0.2, 0.25) is 0 Å². The van der Waals surface area contributed by atoms with Crippen LogP contribution in [0.1, 0.15) is 5.76 Å². The molecule has 0 fully saturated rings. The van der Waals surface area contributed by atoms with Crippen molar-refractivity contribution in [2.75, 3.05) is 29.6 Å². The number of hydrogen-bond donors (Lipinski definition) is 2. The Labute approximate surface area is 163 Å². The third-order valence-electron chi connectivity index (χ3n) is 3.55. The van der Waals surface area contributed by atoms with E-state index in [2.05, 4.69) is 20.8 Å². The van der Waals surface area contributed by atoms with Crippen LogP contribution in [-0.2, 0) is 11.3 Å². The molecule has 0 saturated carbocycles. The van der Waals surface area contributed by atoms with Crippen LogP contribution in [0.3, 0.4) is 0 Å².